The minimum atomic E-state index is -0.00727. The topological polar surface area (TPSA) is 59.2 Å². The predicted octanol–water partition coefficient (Wildman–Crippen LogP) is 3.03. The first-order chi connectivity index (χ1) is 10.1. The molecular weight excluding hydrogens is 282 g/mol. The van der Waals surface area contributed by atoms with Crippen LogP contribution in [0.15, 0.2) is 35.2 Å². The minimum absolute atomic E-state index is 0.00727. The molecule has 0 radical (unpaired) electrons. The standard InChI is InChI=1S/C16H17N3OS/c1-10-3-5-13(11(2)18-10)16(20)19-7-8-21-15-6-4-12(17)9-14(15)19/h3-6,9H,7-8,17H2,1-2H3. The number of hydrogen-bond donors (Lipinski definition) is 1. The number of aryl methyl sites for hydroxylation is 2. The van der Waals surface area contributed by atoms with Crippen molar-refractivity contribution < 1.29 is 4.79 Å². The van der Waals surface area contributed by atoms with E-state index in [0.717, 1.165) is 27.7 Å². The first-order valence-electron chi connectivity index (χ1n) is 6.84. The molecule has 3 rings (SSSR count). The third-order valence-corrected chi connectivity index (χ3v) is 4.59. The summed E-state index contributed by atoms with van der Waals surface area (Å²) in [4.78, 5) is 20.1. The summed E-state index contributed by atoms with van der Waals surface area (Å²) in [7, 11) is 0. The average Bonchev–Trinajstić information content (AvgIpc) is 2.46. The van der Waals surface area contributed by atoms with Crippen LogP contribution in [0.1, 0.15) is 21.7 Å². The van der Waals surface area contributed by atoms with Crippen LogP contribution in [-0.4, -0.2) is 23.2 Å². The molecule has 4 nitrogen and oxygen atoms in total. The molecule has 1 aromatic heterocycles. The fourth-order valence-electron chi connectivity index (χ4n) is 2.50. The summed E-state index contributed by atoms with van der Waals surface area (Å²) in [5.41, 5.74) is 9.79. The lowest BCUT2D eigenvalue weighted by Gasteiger charge is -2.29. The fraction of sp³-hybridized carbons (Fsp3) is 0.250. The third-order valence-electron chi connectivity index (χ3n) is 3.55. The predicted molar refractivity (Wildman–Crippen MR) is 87.0 cm³/mol. The minimum Gasteiger partial charge on any atom is -0.399 e. The molecule has 0 spiro atoms. The SMILES string of the molecule is Cc1ccc(C(=O)N2CCSc3ccc(N)cc32)c(C)n1. The van der Waals surface area contributed by atoms with Crippen LogP contribution < -0.4 is 10.6 Å². The molecule has 0 fully saturated rings. The van der Waals surface area contributed by atoms with Gasteiger partial charge in [0.05, 0.1) is 16.9 Å². The molecule has 0 unspecified atom stereocenters. The van der Waals surface area contributed by atoms with Crippen molar-refractivity contribution in [2.75, 3.05) is 22.9 Å². The van der Waals surface area contributed by atoms with E-state index in [1.54, 1.807) is 11.8 Å². The zero-order valence-corrected chi connectivity index (χ0v) is 12.9. The summed E-state index contributed by atoms with van der Waals surface area (Å²) in [5.74, 6) is 0.883. The van der Waals surface area contributed by atoms with Crippen LogP contribution in [0.2, 0.25) is 0 Å². The van der Waals surface area contributed by atoms with Gasteiger partial charge in [-0.3, -0.25) is 9.78 Å². The van der Waals surface area contributed by atoms with Gasteiger partial charge in [0.25, 0.3) is 5.91 Å². The maximum absolute atomic E-state index is 12.8. The van der Waals surface area contributed by atoms with Crippen LogP contribution in [0.25, 0.3) is 0 Å². The first-order valence-corrected chi connectivity index (χ1v) is 7.83. The van der Waals surface area contributed by atoms with Gasteiger partial charge in [-0.15, -0.1) is 11.8 Å². The quantitative estimate of drug-likeness (QED) is 0.822. The Balaban J connectivity index is 2.02. The van der Waals surface area contributed by atoms with E-state index < -0.39 is 0 Å². The molecule has 1 aromatic carbocycles. The number of rotatable bonds is 1. The van der Waals surface area contributed by atoms with Crippen LogP contribution in [0.3, 0.4) is 0 Å². The molecule has 5 heteroatoms. The third kappa shape index (κ3) is 2.61. The summed E-state index contributed by atoms with van der Waals surface area (Å²) >= 11 is 1.76. The van der Waals surface area contributed by atoms with Crippen molar-refractivity contribution in [3.8, 4) is 0 Å². The molecule has 21 heavy (non-hydrogen) atoms. The van der Waals surface area contributed by atoms with Gasteiger partial charge in [0.15, 0.2) is 0 Å². The maximum atomic E-state index is 12.8. The lowest BCUT2D eigenvalue weighted by Crippen LogP contribution is -2.36. The molecule has 2 N–H and O–H groups in total. The van der Waals surface area contributed by atoms with Crippen molar-refractivity contribution >= 4 is 29.0 Å². The summed E-state index contributed by atoms with van der Waals surface area (Å²) in [6.45, 7) is 4.49. The number of aromatic nitrogens is 1. The number of benzene rings is 1. The van der Waals surface area contributed by atoms with Crippen LogP contribution in [0, 0.1) is 13.8 Å². The Kier molecular flexibility index (Phi) is 3.59. The Morgan fingerprint density at radius 2 is 2.10 bits per heavy atom. The summed E-state index contributed by atoms with van der Waals surface area (Å²) in [6, 6.07) is 9.46. The number of nitrogens with zero attached hydrogens (tertiary/aromatic N) is 2. The van der Waals surface area contributed by atoms with Crippen molar-refractivity contribution in [2.45, 2.75) is 18.7 Å². The Morgan fingerprint density at radius 3 is 2.86 bits per heavy atom. The molecule has 1 aliphatic heterocycles. The lowest BCUT2D eigenvalue weighted by atomic mass is 10.1. The number of anilines is 2. The van der Waals surface area contributed by atoms with E-state index in [0.29, 0.717) is 17.8 Å². The van der Waals surface area contributed by atoms with Crippen molar-refractivity contribution in [3.63, 3.8) is 0 Å². The van der Waals surface area contributed by atoms with Gasteiger partial charge in [-0.25, -0.2) is 0 Å². The first kappa shape index (κ1) is 13.9. The summed E-state index contributed by atoms with van der Waals surface area (Å²) in [6.07, 6.45) is 0. The number of carbonyl (C=O) groups is 1. The van der Waals surface area contributed by atoms with Crippen LogP contribution >= 0.6 is 11.8 Å². The maximum Gasteiger partial charge on any atom is 0.260 e. The number of thioether (sulfide) groups is 1. The van der Waals surface area contributed by atoms with E-state index in [1.807, 2.05) is 49.1 Å². The molecular formula is C16H17N3OS. The fourth-order valence-corrected chi connectivity index (χ4v) is 3.48. The molecule has 0 saturated carbocycles. The van der Waals surface area contributed by atoms with Crippen LogP contribution in [0.5, 0.6) is 0 Å². The Morgan fingerprint density at radius 1 is 1.29 bits per heavy atom. The second-order valence-corrected chi connectivity index (χ2v) is 6.25. The van der Waals surface area contributed by atoms with E-state index in [1.165, 1.54) is 0 Å². The van der Waals surface area contributed by atoms with Gasteiger partial charge >= 0.3 is 0 Å². The van der Waals surface area contributed by atoms with Crippen LogP contribution in [-0.2, 0) is 0 Å². The highest BCUT2D eigenvalue weighted by Gasteiger charge is 2.25. The number of amides is 1. The van der Waals surface area contributed by atoms with E-state index in [9.17, 15) is 4.79 Å². The number of carbonyl (C=O) groups excluding carboxylic acids is 1. The van der Waals surface area contributed by atoms with E-state index in [-0.39, 0.29) is 5.91 Å². The molecule has 1 amide bonds. The average molecular weight is 299 g/mol. The Labute approximate surface area is 128 Å². The lowest BCUT2D eigenvalue weighted by molar-refractivity contribution is 0.0986. The van der Waals surface area contributed by atoms with Gasteiger partial charge < -0.3 is 10.6 Å². The second-order valence-electron chi connectivity index (χ2n) is 5.12. The van der Waals surface area contributed by atoms with E-state index >= 15 is 0 Å². The summed E-state index contributed by atoms with van der Waals surface area (Å²) < 4.78 is 0. The largest absolute Gasteiger partial charge is 0.399 e. The molecule has 108 valence electrons. The molecule has 1 aliphatic rings. The smallest absolute Gasteiger partial charge is 0.260 e. The van der Waals surface area contributed by atoms with Crippen molar-refractivity contribution in [1.82, 2.24) is 4.98 Å². The molecule has 2 aromatic rings. The number of pyridine rings is 1. The van der Waals surface area contributed by atoms with Gasteiger partial charge in [0.1, 0.15) is 0 Å². The van der Waals surface area contributed by atoms with Gasteiger partial charge in [-0.2, -0.15) is 0 Å². The number of nitrogen functional groups attached to an aromatic ring is 1. The molecule has 0 atom stereocenters. The van der Waals surface area contributed by atoms with Crippen molar-refractivity contribution in [2.24, 2.45) is 0 Å². The Bertz CT molecular complexity index is 715. The molecule has 2 heterocycles. The van der Waals surface area contributed by atoms with Gasteiger partial charge in [-0.1, -0.05) is 0 Å². The highest BCUT2D eigenvalue weighted by Crippen LogP contribution is 2.36. The number of hydrogen-bond acceptors (Lipinski definition) is 4. The van der Waals surface area contributed by atoms with E-state index in [2.05, 4.69) is 4.98 Å². The Hall–Kier alpha value is -2.01. The van der Waals surface area contributed by atoms with Crippen molar-refractivity contribution in [1.29, 1.82) is 0 Å². The summed E-state index contributed by atoms with van der Waals surface area (Å²) in [5, 5.41) is 0. The zero-order chi connectivity index (χ0) is 15.0. The monoisotopic (exact) mass is 299 g/mol. The molecule has 0 aliphatic carbocycles. The zero-order valence-electron chi connectivity index (χ0n) is 12.1. The van der Waals surface area contributed by atoms with Gasteiger partial charge in [0, 0.05) is 28.6 Å². The van der Waals surface area contributed by atoms with Crippen molar-refractivity contribution in [3.05, 3.63) is 47.3 Å². The van der Waals surface area contributed by atoms with Gasteiger partial charge in [0.2, 0.25) is 0 Å². The van der Waals surface area contributed by atoms with Crippen LogP contribution in [0.4, 0.5) is 11.4 Å². The normalized spacial score (nSPS) is 13.9. The van der Waals surface area contributed by atoms with Gasteiger partial charge in [-0.05, 0) is 44.2 Å². The highest BCUT2D eigenvalue weighted by atomic mass is 32.2. The highest BCUT2D eigenvalue weighted by molar-refractivity contribution is 7.99. The molecule has 0 saturated heterocycles. The van der Waals surface area contributed by atoms with E-state index in [4.69, 9.17) is 5.73 Å². The number of fused-ring (bicyclic) bond motifs is 1. The second kappa shape index (κ2) is 5.41. The molecule has 0 bridgehead atoms. The number of nitrogens with two attached hydrogens (primary N) is 1.